The number of aldehydes is 1. The maximum Gasteiger partial charge on any atom is 0.142 e. The molecule has 1 saturated heterocycles. The summed E-state index contributed by atoms with van der Waals surface area (Å²) in [5, 5.41) is 6.03. The number of hydrogen-bond acceptors (Lipinski definition) is 4. The van der Waals surface area contributed by atoms with Crippen LogP contribution in [0.1, 0.15) is 33.1 Å². The van der Waals surface area contributed by atoms with Gasteiger partial charge in [-0.1, -0.05) is 6.42 Å². The average Bonchev–Trinajstić information content (AvgIpc) is 2.16. The zero-order valence-electron chi connectivity index (χ0n) is 8.72. The number of piperidine rings is 1. The van der Waals surface area contributed by atoms with E-state index in [1.165, 1.54) is 11.5 Å². The topological polar surface area (TPSA) is 53.0 Å². The quantitative estimate of drug-likeness (QED) is 0.389. The summed E-state index contributed by atoms with van der Waals surface area (Å²) in [5.74, 6) is 0. The summed E-state index contributed by atoms with van der Waals surface area (Å²) in [5.41, 5.74) is 0. The lowest BCUT2D eigenvalue weighted by Gasteiger charge is -2.41. The molecular formula is C9H17N3O2. The van der Waals surface area contributed by atoms with Gasteiger partial charge in [-0.25, -0.2) is 0 Å². The van der Waals surface area contributed by atoms with Crippen LogP contribution < -0.4 is 0 Å². The van der Waals surface area contributed by atoms with Crippen molar-refractivity contribution < 1.29 is 4.79 Å². The largest absolute Gasteiger partial charge is 0.301 e. The molecule has 0 aromatic carbocycles. The van der Waals surface area contributed by atoms with E-state index in [2.05, 4.69) is 19.1 Å². The Labute approximate surface area is 84.0 Å². The van der Waals surface area contributed by atoms with E-state index in [0.29, 0.717) is 6.29 Å². The van der Waals surface area contributed by atoms with Crippen LogP contribution >= 0.6 is 0 Å². The van der Waals surface area contributed by atoms with Gasteiger partial charge in [-0.2, -0.15) is 10.1 Å². The minimum atomic E-state index is 0.0537. The minimum absolute atomic E-state index is 0.0537. The molecule has 1 aliphatic rings. The van der Waals surface area contributed by atoms with Crippen molar-refractivity contribution in [1.82, 2.24) is 10.1 Å². The Hall–Kier alpha value is -0.970. The Kier molecular flexibility index (Phi) is 4.00. The van der Waals surface area contributed by atoms with Gasteiger partial charge in [0.1, 0.15) is 12.8 Å². The molecule has 0 saturated carbocycles. The normalized spacial score (nSPS) is 28.4. The highest BCUT2D eigenvalue weighted by atomic mass is 16.3. The highest BCUT2D eigenvalue weighted by Gasteiger charge is 2.29. The molecule has 2 atom stereocenters. The molecule has 2 unspecified atom stereocenters. The third-order valence-corrected chi connectivity index (χ3v) is 2.75. The fraction of sp³-hybridized carbons (Fsp3) is 0.889. The van der Waals surface area contributed by atoms with E-state index in [4.69, 9.17) is 0 Å². The van der Waals surface area contributed by atoms with Crippen molar-refractivity contribution in [2.24, 2.45) is 5.29 Å². The summed E-state index contributed by atoms with van der Waals surface area (Å²) in [6, 6.07) is 0.577. The van der Waals surface area contributed by atoms with Crippen molar-refractivity contribution in [3.8, 4) is 0 Å². The van der Waals surface area contributed by atoms with Crippen LogP contribution in [0.5, 0.6) is 0 Å². The molecule has 1 fully saturated rings. The van der Waals surface area contributed by atoms with E-state index in [9.17, 15) is 9.70 Å². The predicted molar refractivity (Wildman–Crippen MR) is 53.2 cm³/mol. The lowest BCUT2D eigenvalue weighted by atomic mass is 10.00. The zero-order chi connectivity index (χ0) is 10.6. The standard InChI is InChI=1S/C9H17N3O2/c1-8-4-3-5-9(2)12(8)11(10-14)6-7-13/h7-9H,3-6H2,1-2H3. The van der Waals surface area contributed by atoms with E-state index in [0.717, 1.165) is 12.8 Å². The van der Waals surface area contributed by atoms with E-state index >= 15 is 0 Å². The van der Waals surface area contributed by atoms with E-state index in [1.807, 2.05) is 5.01 Å². The molecular weight excluding hydrogens is 182 g/mol. The monoisotopic (exact) mass is 199 g/mol. The zero-order valence-corrected chi connectivity index (χ0v) is 8.72. The van der Waals surface area contributed by atoms with Gasteiger partial charge in [-0.15, -0.1) is 4.91 Å². The lowest BCUT2D eigenvalue weighted by molar-refractivity contribution is -0.127. The summed E-state index contributed by atoms with van der Waals surface area (Å²) in [6.45, 7) is 4.16. The van der Waals surface area contributed by atoms with Gasteiger partial charge in [0.2, 0.25) is 0 Å². The number of hydrazine groups is 1. The fourth-order valence-corrected chi connectivity index (χ4v) is 2.10. The molecule has 0 aromatic rings. The van der Waals surface area contributed by atoms with Gasteiger partial charge in [-0.3, -0.25) is 0 Å². The van der Waals surface area contributed by atoms with Crippen LogP contribution in [0.3, 0.4) is 0 Å². The third-order valence-electron chi connectivity index (χ3n) is 2.75. The van der Waals surface area contributed by atoms with Crippen molar-refractivity contribution in [1.29, 1.82) is 0 Å². The van der Waals surface area contributed by atoms with Crippen molar-refractivity contribution in [3.63, 3.8) is 0 Å². The van der Waals surface area contributed by atoms with Gasteiger partial charge >= 0.3 is 0 Å². The maximum atomic E-state index is 10.6. The molecule has 5 nitrogen and oxygen atoms in total. The van der Waals surface area contributed by atoms with Gasteiger partial charge in [-0.05, 0) is 26.7 Å². The second kappa shape index (κ2) is 5.05. The first kappa shape index (κ1) is 11.1. The molecule has 1 aliphatic heterocycles. The molecule has 80 valence electrons. The molecule has 14 heavy (non-hydrogen) atoms. The number of carbonyl (C=O) groups is 1. The van der Waals surface area contributed by atoms with Crippen LogP contribution in [-0.4, -0.2) is 35.0 Å². The van der Waals surface area contributed by atoms with E-state index in [1.54, 1.807) is 0 Å². The first-order valence-electron chi connectivity index (χ1n) is 5.03. The Morgan fingerprint density at radius 2 is 2.00 bits per heavy atom. The Bertz CT molecular complexity index is 200. The molecule has 0 spiro atoms. The molecule has 0 radical (unpaired) electrons. The summed E-state index contributed by atoms with van der Waals surface area (Å²) in [6.07, 6.45) is 3.98. The molecule has 0 N–H and O–H groups in total. The third kappa shape index (κ3) is 2.29. The number of carbonyl (C=O) groups excluding carboxylic acids is 1. The highest BCUT2D eigenvalue weighted by molar-refractivity contribution is 5.51. The second-order valence-corrected chi connectivity index (χ2v) is 3.81. The summed E-state index contributed by atoms with van der Waals surface area (Å²) >= 11 is 0. The average molecular weight is 199 g/mol. The van der Waals surface area contributed by atoms with Crippen LogP contribution in [0.4, 0.5) is 0 Å². The lowest BCUT2D eigenvalue weighted by Crippen LogP contribution is -2.52. The molecule has 0 bridgehead atoms. The molecule has 0 aromatic heterocycles. The predicted octanol–water partition coefficient (Wildman–Crippen LogP) is 1.35. The maximum absolute atomic E-state index is 10.6. The van der Waals surface area contributed by atoms with Crippen molar-refractivity contribution in [2.75, 3.05) is 6.54 Å². The van der Waals surface area contributed by atoms with Gasteiger partial charge in [0.05, 0.1) is 5.29 Å². The Morgan fingerprint density at radius 3 is 2.43 bits per heavy atom. The van der Waals surface area contributed by atoms with Crippen molar-refractivity contribution in [2.45, 2.75) is 45.2 Å². The van der Waals surface area contributed by atoms with Gasteiger partial charge in [0.25, 0.3) is 0 Å². The number of nitrogens with zero attached hydrogens (tertiary/aromatic N) is 3. The van der Waals surface area contributed by atoms with Crippen LogP contribution in [-0.2, 0) is 4.79 Å². The van der Waals surface area contributed by atoms with Crippen LogP contribution in [0, 0.1) is 4.91 Å². The van der Waals surface area contributed by atoms with E-state index < -0.39 is 0 Å². The van der Waals surface area contributed by atoms with Crippen molar-refractivity contribution in [3.05, 3.63) is 4.91 Å². The van der Waals surface area contributed by atoms with E-state index in [-0.39, 0.29) is 18.6 Å². The highest BCUT2D eigenvalue weighted by Crippen LogP contribution is 2.24. The smallest absolute Gasteiger partial charge is 0.142 e. The minimum Gasteiger partial charge on any atom is -0.301 e. The summed E-state index contributed by atoms with van der Waals surface area (Å²) in [4.78, 5) is 20.9. The number of rotatable bonds is 4. The molecule has 1 heterocycles. The molecule has 0 aliphatic carbocycles. The summed E-state index contributed by atoms with van der Waals surface area (Å²) in [7, 11) is 0. The Morgan fingerprint density at radius 1 is 1.43 bits per heavy atom. The van der Waals surface area contributed by atoms with Crippen molar-refractivity contribution >= 4 is 6.29 Å². The van der Waals surface area contributed by atoms with Gasteiger partial charge < -0.3 is 4.79 Å². The Balaban J connectivity index is 2.68. The first-order chi connectivity index (χ1) is 6.70. The molecule has 1 rings (SSSR count). The number of nitroso groups, excluding NO2 is 1. The van der Waals surface area contributed by atoms with Crippen LogP contribution in [0.2, 0.25) is 0 Å². The summed E-state index contributed by atoms with van der Waals surface area (Å²) < 4.78 is 0. The first-order valence-corrected chi connectivity index (χ1v) is 5.03. The van der Waals surface area contributed by atoms with Gasteiger partial charge in [0, 0.05) is 12.1 Å². The fourth-order valence-electron chi connectivity index (χ4n) is 2.10. The van der Waals surface area contributed by atoms with Gasteiger partial charge in [0.15, 0.2) is 0 Å². The van der Waals surface area contributed by atoms with Crippen LogP contribution in [0.25, 0.3) is 0 Å². The second-order valence-electron chi connectivity index (χ2n) is 3.81. The number of hydrogen-bond donors (Lipinski definition) is 0. The van der Waals surface area contributed by atoms with Crippen LogP contribution in [0.15, 0.2) is 5.29 Å². The molecule has 0 amide bonds. The SMILES string of the molecule is CC1CCCC(C)N1N(CC=O)N=O. The molecule has 5 heteroatoms.